The highest BCUT2D eigenvalue weighted by Crippen LogP contribution is 2.25. The van der Waals surface area contributed by atoms with Gasteiger partial charge in [-0.05, 0) is 24.8 Å². The van der Waals surface area contributed by atoms with Crippen molar-refractivity contribution in [2.24, 2.45) is 0 Å². The third kappa shape index (κ3) is 7.21. The molecule has 3 N–H and O–H groups in total. The van der Waals surface area contributed by atoms with Gasteiger partial charge in [0.1, 0.15) is 0 Å². The maximum Gasteiger partial charge on any atom is 0.315 e. The maximum absolute atomic E-state index is 13.0. The van der Waals surface area contributed by atoms with Gasteiger partial charge in [-0.2, -0.15) is 0 Å². The van der Waals surface area contributed by atoms with Crippen molar-refractivity contribution in [3.05, 3.63) is 35.9 Å². The van der Waals surface area contributed by atoms with Gasteiger partial charge in [0.15, 0.2) is 0 Å². The van der Waals surface area contributed by atoms with E-state index in [1.54, 1.807) is 4.90 Å². The third-order valence-electron chi connectivity index (χ3n) is 4.84. The molecule has 1 atom stereocenters. The molecule has 1 heterocycles. The van der Waals surface area contributed by atoms with Crippen molar-refractivity contribution < 1.29 is 14.4 Å². The lowest BCUT2D eigenvalue weighted by molar-refractivity contribution is -0.134. The summed E-state index contributed by atoms with van der Waals surface area (Å²) in [4.78, 5) is 38.9. The molecule has 1 unspecified atom stereocenters. The van der Waals surface area contributed by atoms with E-state index < -0.39 is 0 Å². The molecule has 0 aliphatic carbocycles. The summed E-state index contributed by atoms with van der Waals surface area (Å²) in [5.41, 5.74) is 0.931. The number of amides is 4. The van der Waals surface area contributed by atoms with E-state index in [9.17, 15) is 14.4 Å². The number of urea groups is 1. The molecule has 0 saturated carbocycles. The van der Waals surface area contributed by atoms with Crippen LogP contribution in [0.3, 0.4) is 0 Å². The van der Waals surface area contributed by atoms with E-state index in [1.807, 2.05) is 37.3 Å². The standard InChI is InChI=1S/C21H32N4O3/c1-2-12-23-21(28)24-16-20(27)25-14-9-4-3-8-13-22-19(26)15-18(25)17-10-6-5-7-11-17/h5-7,10-11,18H,2-4,8-9,12-16H2,1H3,(H,22,26)(H2,23,24,28). The van der Waals surface area contributed by atoms with E-state index >= 15 is 0 Å². The van der Waals surface area contributed by atoms with Gasteiger partial charge in [-0.1, -0.05) is 50.1 Å². The van der Waals surface area contributed by atoms with Crippen LogP contribution in [-0.4, -0.2) is 48.9 Å². The second kappa shape index (κ2) is 12.0. The lowest BCUT2D eigenvalue weighted by Crippen LogP contribution is -2.46. The molecule has 1 aliphatic heterocycles. The first-order valence-electron chi connectivity index (χ1n) is 10.2. The molecule has 0 radical (unpaired) electrons. The summed E-state index contributed by atoms with van der Waals surface area (Å²) in [5.74, 6) is -0.227. The van der Waals surface area contributed by atoms with Crippen molar-refractivity contribution >= 4 is 17.8 Å². The molecule has 1 aromatic carbocycles. The summed E-state index contributed by atoms with van der Waals surface area (Å²) in [6.45, 7) is 3.70. The lowest BCUT2D eigenvalue weighted by atomic mass is 10.0. The van der Waals surface area contributed by atoms with E-state index in [0.717, 1.165) is 37.7 Å². The fraction of sp³-hybridized carbons (Fsp3) is 0.571. The van der Waals surface area contributed by atoms with Gasteiger partial charge in [0.2, 0.25) is 11.8 Å². The average Bonchev–Trinajstić information content (AvgIpc) is 2.75. The first kappa shape index (κ1) is 21.7. The third-order valence-corrected chi connectivity index (χ3v) is 4.84. The van der Waals surface area contributed by atoms with Crippen LogP contribution in [0, 0.1) is 0 Å². The van der Waals surface area contributed by atoms with Gasteiger partial charge < -0.3 is 20.9 Å². The first-order valence-corrected chi connectivity index (χ1v) is 10.2. The number of carbonyl (C=O) groups excluding carboxylic acids is 3. The monoisotopic (exact) mass is 388 g/mol. The van der Waals surface area contributed by atoms with Crippen molar-refractivity contribution in [3.8, 4) is 0 Å². The van der Waals surface area contributed by atoms with Gasteiger partial charge in [-0.25, -0.2) is 4.79 Å². The van der Waals surface area contributed by atoms with E-state index in [-0.39, 0.29) is 36.9 Å². The summed E-state index contributed by atoms with van der Waals surface area (Å²) in [5, 5.41) is 8.29. The van der Waals surface area contributed by atoms with Gasteiger partial charge in [0, 0.05) is 19.6 Å². The summed E-state index contributed by atoms with van der Waals surface area (Å²) in [7, 11) is 0. The fourth-order valence-electron chi connectivity index (χ4n) is 3.33. The molecule has 4 amide bonds. The molecule has 0 spiro atoms. The van der Waals surface area contributed by atoms with Crippen molar-refractivity contribution in [1.29, 1.82) is 0 Å². The molecule has 1 fully saturated rings. The van der Waals surface area contributed by atoms with Crippen LogP contribution in [0.25, 0.3) is 0 Å². The van der Waals surface area contributed by atoms with Crippen molar-refractivity contribution in [1.82, 2.24) is 20.9 Å². The highest BCUT2D eigenvalue weighted by atomic mass is 16.2. The number of nitrogens with one attached hydrogen (secondary N) is 3. The molecule has 7 nitrogen and oxygen atoms in total. The zero-order valence-electron chi connectivity index (χ0n) is 16.7. The molecule has 7 heteroatoms. The number of hydrogen-bond acceptors (Lipinski definition) is 3. The zero-order valence-corrected chi connectivity index (χ0v) is 16.7. The average molecular weight is 389 g/mol. The maximum atomic E-state index is 13.0. The molecule has 2 rings (SSSR count). The van der Waals surface area contributed by atoms with Crippen molar-refractivity contribution in [3.63, 3.8) is 0 Å². The van der Waals surface area contributed by atoms with Crippen LogP contribution in [0.4, 0.5) is 4.79 Å². The zero-order chi connectivity index (χ0) is 20.2. The Kier molecular flexibility index (Phi) is 9.31. The summed E-state index contributed by atoms with van der Waals surface area (Å²) < 4.78 is 0. The van der Waals surface area contributed by atoms with Gasteiger partial charge >= 0.3 is 6.03 Å². The van der Waals surface area contributed by atoms with Crippen LogP contribution in [-0.2, 0) is 9.59 Å². The quantitative estimate of drug-likeness (QED) is 0.723. The highest BCUT2D eigenvalue weighted by Gasteiger charge is 2.27. The number of hydrogen-bond donors (Lipinski definition) is 3. The van der Waals surface area contributed by atoms with Crippen LogP contribution in [0.5, 0.6) is 0 Å². The van der Waals surface area contributed by atoms with Gasteiger partial charge in [0.05, 0.1) is 19.0 Å². The van der Waals surface area contributed by atoms with Crippen LogP contribution in [0.15, 0.2) is 30.3 Å². The minimum absolute atomic E-state index is 0.0535. The summed E-state index contributed by atoms with van der Waals surface area (Å²) in [6.07, 6.45) is 4.91. The van der Waals surface area contributed by atoms with E-state index in [0.29, 0.717) is 19.6 Å². The van der Waals surface area contributed by atoms with Crippen LogP contribution in [0.2, 0.25) is 0 Å². The Bertz CT molecular complexity index is 636. The van der Waals surface area contributed by atoms with Gasteiger partial charge in [-0.15, -0.1) is 0 Å². The Morgan fingerprint density at radius 1 is 1.11 bits per heavy atom. The molecule has 1 aromatic rings. The topological polar surface area (TPSA) is 90.5 Å². The molecule has 0 aromatic heterocycles. The Morgan fingerprint density at radius 3 is 2.61 bits per heavy atom. The number of benzene rings is 1. The van der Waals surface area contributed by atoms with E-state index in [2.05, 4.69) is 16.0 Å². The van der Waals surface area contributed by atoms with Gasteiger partial charge in [-0.3, -0.25) is 9.59 Å². The van der Waals surface area contributed by atoms with Gasteiger partial charge in [0.25, 0.3) is 0 Å². The fourth-order valence-corrected chi connectivity index (χ4v) is 3.33. The normalized spacial score (nSPS) is 18.5. The minimum Gasteiger partial charge on any atom is -0.356 e. The minimum atomic E-state index is -0.345. The largest absolute Gasteiger partial charge is 0.356 e. The predicted octanol–water partition coefficient (Wildman–Crippen LogP) is 2.35. The Labute approximate surface area is 167 Å². The number of rotatable bonds is 5. The SMILES string of the molecule is CCCNC(=O)NCC(=O)N1CCCCCCNC(=O)CC1c1ccccc1. The van der Waals surface area contributed by atoms with Crippen LogP contribution >= 0.6 is 0 Å². The highest BCUT2D eigenvalue weighted by molar-refractivity contribution is 5.85. The first-order chi connectivity index (χ1) is 13.6. The lowest BCUT2D eigenvalue weighted by Gasteiger charge is -2.32. The molecule has 1 saturated heterocycles. The molecule has 154 valence electrons. The van der Waals surface area contributed by atoms with E-state index in [1.165, 1.54) is 0 Å². The Morgan fingerprint density at radius 2 is 1.86 bits per heavy atom. The Balaban J connectivity index is 2.15. The number of nitrogens with zero attached hydrogens (tertiary/aromatic N) is 1. The predicted molar refractivity (Wildman–Crippen MR) is 109 cm³/mol. The van der Waals surface area contributed by atoms with E-state index in [4.69, 9.17) is 0 Å². The van der Waals surface area contributed by atoms with Crippen molar-refractivity contribution in [2.45, 2.75) is 51.5 Å². The molecular formula is C21H32N4O3. The smallest absolute Gasteiger partial charge is 0.315 e. The molecular weight excluding hydrogens is 356 g/mol. The second-order valence-electron chi connectivity index (χ2n) is 7.09. The molecule has 1 aliphatic rings. The molecule has 0 bridgehead atoms. The Hall–Kier alpha value is -2.57. The second-order valence-corrected chi connectivity index (χ2v) is 7.09. The summed E-state index contributed by atoms with van der Waals surface area (Å²) in [6, 6.07) is 8.95. The number of carbonyl (C=O) groups is 3. The summed E-state index contributed by atoms with van der Waals surface area (Å²) >= 11 is 0. The van der Waals surface area contributed by atoms with Crippen LogP contribution < -0.4 is 16.0 Å². The molecule has 28 heavy (non-hydrogen) atoms. The van der Waals surface area contributed by atoms with Crippen molar-refractivity contribution in [2.75, 3.05) is 26.2 Å². The van der Waals surface area contributed by atoms with Crippen LogP contribution in [0.1, 0.15) is 57.1 Å².